The van der Waals surface area contributed by atoms with Crippen LogP contribution in [-0.2, 0) is 0 Å². The van der Waals surface area contributed by atoms with E-state index in [2.05, 4.69) is 15.9 Å². The van der Waals surface area contributed by atoms with Crippen LogP contribution in [0.25, 0.3) is 0 Å². The van der Waals surface area contributed by atoms with E-state index in [-0.39, 0.29) is 18.2 Å². The third-order valence-electron chi connectivity index (χ3n) is 2.14. The number of hydrogen-bond acceptors (Lipinski definition) is 1. The molecule has 1 fully saturated rings. The van der Waals surface area contributed by atoms with Gasteiger partial charge in [-0.3, -0.25) is 0 Å². The molecule has 0 aromatic carbocycles. The van der Waals surface area contributed by atoms with Crippen LogP contribution in [-0.4, -0.2) is 22.7 Å². The van der Waals surface area contributed by atoms with Gasteiger partial charge in [0.25, 0.3) is 0 Å². The Bertz CT molecular complexity index is 152. The summed E-state index contributed by atoms with van der Waals surface area (Å²) in [7, 11) is 0. The molecule has 0 aliphatic heterocycles. The van der Waals surface area contributed by atoms with E-state index in [1.165, 1.54) is 0 Å². The average Bonchev–Trinajstić information content (AvgIpc) is 2.63. The van der Waals surface area contributed by atoms with Crippen LogP contribution in [0.5, 0.6) is 0 Å². The first-order valence-electron chi connectivity index (χ1n) is 3.25. The normalized spacial score (nSPS) is 24.8. The van der Waals surface area contributed by atoms with Crippen molar-refractivity contribution in [3.63, 3.8) is 0 Å². The number of aliphatic hydroxyl groups is 1. The predicted octanol–water partition coefficient (Wildman–Crippen LogP) is 2.08. The van der Waals surface area contributed by atoms with Gasteiger partial charge in [0.05, 0.1) is 11.5 Å². The maximum absolute atomic E-state index is 12.2. The first kappa shape index (κ1) is 9.32. The van der Waals surface area contributed by atoms with Crippen molar-refractivity contribution in [3.05, 3.63) is 0 Å². The van der Waals surface area contributed by atoms with E-state index < -0.39 is 17.7 Å². The van der Waals surface area contributed by atoms with Crippen molar-refractivity contribution in [1.82, 2.24) is 0 Å². The summed E-state index contributed by atoms with van der Waals surface area (Å²) in [5, 5.41) is 9.01. The molecule has 5 heteroatoms. The molecule has 11 heavy (non-hydrogen) atoms. The van der Waals surface area contributed by atoms with Crippen LogP contribution in [0.4, 0.5) is 13.2 Å². The number of hydrogen-bond donors (Lipinski definition) is 1. The zero-order chi connectivity index (χ0) is 8.70. The number of aliphatic hydroxyl groups excluding tert-OH is 1. The quantitative estimate of drug-likeness (QED) is 0.724. The SMILES string of the molecule is OC(CBr)C1(C(F)(F)F)CC1. The van der Waals surface area contributed by atoms with Crippen LogP contribution < -0.4 is 0 Å². The molecule has 0 amide bonds. The summed E-state index contributed by atoms with van der Waals surface area (Å²) in [5.41, 5.74) is -1.80. The fraction of sp³-hybridized carbons (Fsp3) is 1.00. The molecule has 1 nitrogen and oxygen atoms in total. The van der Waals surface area contributed by atoms with Gasteiger partial charge >= 0.3 is 6.18 Å². The Hall–Kier alpha value is 0.230. The van der Waals surface area contributed by atoms with Gasteiger partial charge < -0.3 is 5.11 Å². The number of alkyl halides is 4. The lowest BCUT2D eigenvalue weighted by atomic mass is 10.0. The van der Waals surface area contributed by atoms with Crippen molar-refractivity contribution in [2.24, 2.45) is 5.41 Å². The van der Waals surface area contributed by atoms with E-state index in [1.807, 2.05) is 0 Å². The fourth-order valence-corrected chi connectivity index (χ4v) is 1.71. The van der Waals surface area contributed by atoms with Crippen molar-refractivity contribution in [2.45, 2.75) is 25.1 Å². The molecular weight excluding hydrogens is 225 g/mol. The molecule has 1 unspecified atom stereocenters. The first-order valence-corrected chi connectivity index (χ1v) is 4.37. The standard InChI is InChI=1S/C6H8BrF3O/c7-3-4(11)5(1-2-5)6(8,9)10/h4,11H,1-3H2. The third kappa shape index (κ3) is 1.40. The van der Waals surface area contributed by atoms with Crippen LogP contribution in [0.15, 0.2) is 0 Å². The van der Waals surface area contributed by atoms with Gasteiger partial charge in [-0.15, -0.1) is 0 Å². The zero-order valence-electron chi connectivity index (χ0n) is 5.66. The van der Waals surface area contributed by atoms with Gasteiger partial charge in [0.2, 0.25) is 0 Å². The maximum atomic E-state index is 12.2. The molecule has 1 N–H and O–H groups in total. The van der Waals surface area contributed by atoms with Crippen LogP contribution >= 0.6 is 15.9 Å². The Morgan fingerprint density at radius 1 is 1.45 bits per heavy atom. The molecule has 0 aromatic rings. The highest BCUT2D eigenvalue weighted by Gasteiger charge is 2.66. The predicted molar refractivity (Wildman–Crippen MR) is 37.5 cm³/mol. The molecule has 0 saturated heterocycles. The van der Waals surface area contributed by atoms with E-state index in [4.69, 9.17) is 5.11 Å². The second-order valence-corrected chi connectivity index (χ2v) is 3.47. The van der Waals surface area contributed by atoms with Gasteiger partial charge in [0.1, 0.15) is 0 Å². The maximum Gasteiger partial charge on any atom is 0.397 e. The Morgan fingerprint density at radius 2 is 1.91 bits per heavy atom. The molecule has 0 heterocycles. The highest BCUT2D eigenvalue weighted by Crippen LogP contribution is 2.60. The molecule has 1 aliphatic carbocycles. The summed E-state index contributed by atoms with van der Waals surface area (Å²) in [6.45, 7) is 0. The van der Waals surface area contributed by atoms with Gasteiger partial charge in [-0.25, -0.2) is 0 Å². The highest BCUT2D eigenvalue weighted by atomic mass is 79.9. The lowest BCUT2D eigenvalue weighted by Crippen LogP contribution is -2.37. The fourth-order valence-electron chi connectivity index (χ4n) is 1.09. The first-order chi connectivity index (χ1) is 4.94. The second kappa shape index (κ2) is 2.62. The Balaban J connectivity index is 2.68. The summed E-state index contributed by atoms with van der Waals surface area (Å²) < 4.78 is 36.5. The molecule has 1 saturated carbocycles. The van der Waals surface area contributed by atoms with Crippen molar-refractivity contribution >= 4 is 15.9 Å². The Labute approximate surface area is 70.7 Å². The minimum absolute atomic E-state index is 0.00743. The Kier molecular flexibility index (Phi) is 2.22. The molecule has 1 atom stereocenters. The van der Waals surface area contributed by atoms with Gasteiger partial charge in [-0.05, 0) is 12.8 Å². The third-order valence-corrected chi connectivity index (χ3v) is 2.75. The Morgan fingerprint density at radius 3 is 2.00 bits per heavy atom. The molecule has 66 valence electrons. The number of halogens is 4. The van der Waals surface area contributed by atoms with E-state index in [1.54, 1.807) is 0 Å². The van der Waals surface area contributed by atoms with Crippen LogP contribution in [0.1, 0.15) is 12.8 Å². The summed E-state index contributed by atoms with van der Waals surface area (Å²) in [6, 6.07) is 0. The average molecular weight is 233 g/mol. The smallest absolute Gasteiger partial charge is 0.391 e. The molecule has 1 rings (SSSR count). The molecule has 0 spiro atoms. The number of rotatable bonds is 2. The van der Waals surface area contributed by atoms with Gasteiger partial charge in [0, 0.05) is 5.33 Å². The lowest BCUT2D eigenvalue weighted by molar-refractivity contribution is -0.210. The van der Waals surface area contributed by atoms with Gasteiger partial charge in [-0.1, -0.05) is 15.9 Å². The van der Waals surface area contributed by atoms with E-state index in [0.29, 0.717) is 0 Å². The summed E-state index contributed by atoms with van der Waals surface area (Å²) >= 11 is 2.83. The summed E-state index contributed by atoms with van der Waals surface area (Å²) in [6.07, 6.45) is -5.42. The zero-order valence-corrected chi connectivity index (χ0v) is 7.24. The highest BCUT2D eigenvalue weighted by molar-refractivity contribution is 9.09. The van der Waals surface area contributed by atoms with Crippen LogP contribution in [0.2, 0.25) is 0 Å². The van der Waals surface area contributed by atoms with Crippen molar-refractivity contribution in [2.75, 3.05) is 5.33 Å². The van der Waals surface area contributed by atoms with Crippen molar-refractivity contribution < 1.29 is 18.3 Å². The largest absolute Gasteiger partial charge is 0.397 e. The summed E-state index contributed by atoms with van der Waals surface area (Å²) in [5.74, 6) is 0. The van der Waals surface area contributed by atoms with Crippen molar-refractivity contribution in [3.8, 4) is 0 Å². The minimum Gasteiger partial charge on any atom is -0.391 e. The van der Waals surface area contributed by atoms with Gasteiger partial charge in [-0.2, -0.15) is 13.2 Å². The van der Waals surface area contributed by atoms with E-state index in [9.17, 15) is 13.2 Å². The van der Waals surface area contributed by atoms with E-state index >= 15 is 0 Å². The lowest BCUT2D eigenvalue weighted by Gasteiger charge is -2.23. The molecule has 0 bridgehead atoms. The molecule has 1 aliphatic rings. The molecule has 0 aromatic heterocycles. The monoisotopic (exact) mass is 232 g/mol. The van der Waals surface area contributed by atoms with Crippen molar-refractivity contribution in [1.29, 1.82) is 0 Å². The van der Waals surface area contributed by atoms with Gasteiger partial charge in [0.15, 0.2) is 0 Å². The van der Waals surface area contributed by atoms with E-state index in [0.717, 1.165) is 0 Å². The van der Waals surface area contributed by atoms with Crippen LogP contribution in [0.3, 0.4) is 0 Å². The summed E-state index contributed by atoms with van der Waals surface area (Å²) in [4.78, 5) is 0. The minimum atomic E-state index is -4.25. The van der Waals surface area contributed by atoms with Crippen LogP contribution in [0, 0.1) is 5.41 Å². The second-order valence-electron chi connectivity index (χ2n) is 2.82. The molecular formula is C6H8BrF3O. The molecule has 0 radical (unpaired) electrons. The topological polar surface area (TPSA) is 20.2 Å².